The summed E-state index contributed by atoms with van der Waals surface area (Å²) >= 11 is 8.04. The third kappa shape index (κ3) is 2.98. The van der Waals surface area contributed by atoms with Crippen LogP contribution in [0.5, 0.6) is 0 Å². The molecule has 20 heavy (non-hydrogen) atoms. The Morgan fingerprint density at radius 2 is 2.25 bits per heavy atom. The fraction of sp³-hybridized carbons (Fsp3) is 0.714. The molecule has 3 rings (SSSR count). The summed E-state index contributed by atoms with van der Waals surface area (Å²) in [6, 6.07) is 0.340. The molecule has 2 atom stereocenters. The SMILES string of the molecule is CSC1CCCC1Nc1c(Cl)cnn(CC2CC2)c1=O. The summed E-state index contributed by atoms with van der Waals surface area (Å²) in [4.78, 5) is 12.5. The first-order valence-electron chi connectivity index (χ1n) is 7.24. The molecule has 0 aliphatic heterocycles. The van der Waals surface area contributed by atoms with Crippen molar-refractivity contribution in [3.05, 3.63) is 21.6 Å². The number of hydrogen-bond donors (Lipinski definition) is 1. The summed E-state index contributed by atoms with van der Waals surface area (Å²) in [5.41, 5.74) is 0.462. The Kier molecular flexibility index (Phi) is 4.26. The lowest BCUT2D eigenvalue weighted by molar-refractivity contribution is 0.534. The van der Waals surface area contributed by atoms with E-state index in [0.29, 0.717) is 27.9 Å². The van der Waals surface area contributed by atoms with Gasteiger partial charge in [-0.1, -0.05) is 18.0 Å². The van der Waals surface area contributed by atoms with Crippen LogP contribution in [-0.2, 0) is 6.54 Å². The van der Waals surface area contributed by atoms with E-state index >= 15 is 0 Å². The quantitative estimate of drug-likeness (QED) is 0.907. The van der Waals surface area contributed by atoms with Gasteiger partial charge in [-0.2, -0.15) is 16.9 Å². The molecule has 6 heteroatoms. The fourth-order valence-electron chi connectivity index (χ4n) is 2.83. The van der Waals surface area contributed by atoms with E-state index < -0.39 is 0 Å². The van der Waals surface area contributed by atoms with Crippen molar-refractivity contribution in [2.75, 3.05) is 11.6 Å². The van der Waals surface area contributed by atoms with E-state index in [2.05, 4.69) is 16.7 Å². The number of rotatable bonds is 5. The molecule has 0 aromatic carbocycles. The van der Waals surface area contributed by atoms with Crippen molar-refractivity contribution >= 4 is 29.1 Å². The first kappa shape index (κ1) is 14.3. The molecule has 0 amide bonds. The highest BCUT2D eigenvalue weighted by molar-refractivity contribution is 7.99. The van der Waals surface area contributed by atoms with Gasteiger partial charge in [-0.15, -0.1) is 0 Å². The van der Waals surface area contributed by atoms with Crippen LogP contribution in [0.15, 0.2) is 11.0 Å². The van der Waals surface area contributed by atoms with Crippen LogP contribution >= 0.6 is 23.4 Å². The highest BCUT2D eigenvalue weighted by Crippen LogP contribution is 2.32. The molecule has 2 unspecified atom stereocenters. The molecule has 1 heterocycles. The number of nitrogens with zero attached hydrogens (tertiary/aromatic N) is 2. The number of hydrogen-bond acceptors (Lipinski definition) is 4. The van der Waals surface area contributed by atoms with Gasteiger partial charge in [0.15, 0.2) is 0 Å². The third-order valence-corrected chi connectivity index (χ3v) is 5.67. The molecule has 1 aromatic rings. The zero-order valence-electron chi connectivity index (χ0n) is 11.6. The highest BCUT2D eigenvalue weighted by Gasteiger charge is 2.28. The minimum atomic E-state index is -0.0730. The van der Waals surface area contributed by atoms with Gasteiger partial charge in [-0.25, -0.2) is 4.68 Å². The van der Waals surface area contributed by atoms with E-state index in [9.17, 15) is 4.79 Å². The van der Waals surface area contributed by atoms with Crippen molar-refractivity contribution in [2.24, 2.45) is 5.92 Å². The molecule has 2 aliphatic rings. The summed E-state index contributed by atoms with van der Waals surface area (Å²) in [5, 5.41) is 8.55. The molecular weight excluding hydrogens is 294 g/mol. The Labute approximate surface area is 128 Å². The molecule has 4 nitrogen and oxygen atoms in total. The van der Waals surface area contributed by atoms with Crippen LogP contribution in [0.2, 0.25) is 5.02 Å². The van der Waals surface area contributed by atoms with Crippen LogP contribution in [0.3, 0.4) is 0 Å². The van der Waals surface area contributed by atoms with Crippen molar-refractivity contribution in [1.29, 1.82) is 0 Å². The smallest absolute Gasteiger partial charge is 0.291 e. The van der Waals surface area contributed by atoms with Crippen LogP contribution in [0, 0.1) is 5.92 Å². The maximum absolute atomic E-state index is 12.5. The number of nitrogens with one attached hydrogen (secondary N) is 1. The van der Waals surface area contributed by atoms with Gasteiger partial charge < -0.3 is 5.32 Å². The molecule has 0 radical (unpaired) electrons. The molecule has 0 spiro atoms. The van der Waals surface area contributed by atoms with Crippen molar-refractivity contribution in [3.8, 4) is 0 Å². The Balaban J connectivity index is 1.82. The number of thioether (sulfide) groups is 1. The summed E-state index contributed by atoms with van der Waals surface area (Å²) in [6.07, 6.45) is 9.65. The number of anilines is 1. The van der Waals surface area contributed by atoms with Crippen LogP contribution in [0.25, 0.3) is 0 Å². The lowest BCUT2D eigenvalue weighted by Crippen LogP contribution is -2.33. The highest BCUT2D eigenvalue weighted by atomic mass is 35.5. The van der Waals surface area contributed by atoms with Crippen molar-refractivity contribution in [1.82, 2.24) is 9.78 Å². The van der Waals surface area contributed by atoms with E-state index in [1.807, 2.05) is 11.8 Å². The standard InChI is InChI=1S/C14H20ClN3OS/c1-20-12-4-2-3-11(12)17-13-10(15)7-16-18(14(13)19)8-9-5-6-9/h7,9,11-12,17H,2-6,8H2,1H3. The predicted octanol–water partition coefficient (Wildman–Crippen LogP) is 3.00. The third-order valence-electron chi connectivity index (χ3n) is 4.21. The lowest BCUT2D eigenvalue weighted by Gasteiger charge is -2.21. The number of aromatic nitrogens is 2. The van der Waals surface area contributed by atoms with E-state index in [4.69, 9.17) is 11.6 Å². The van der Waals surface area contributed by atoms with Crippen LogP contribution in [0.1, 0.15) is 32.1 Å². The first-order valence-corrected chi connectivity index (χ1v) is 8.90. The van der Waals surface area contributed by atoms with Gasteiger partial charge in [0.05, 0.1) is 11.2 Å². The molecule has 2 fully saturated rings. The second kappa shape index (κ2) is 5.98. The topological polar surface area (TPSA) is 46.9 Å². The minimum absolute atomic E-state index is 0.0730. The second-order valence-corrected chi connectivity index (χ2v) is 7.24. The van der Waals surface area contributed by atoms with Crippen molar-refractivity contribution < 1.29 is 0 Å². The maximum atomic E-state index is 12.5. The van der Waals surface area contributed by atoms with E-state index in [0.717, 1.165) is 13.0 Å². The second-order valence-electron chi connectivity index (χ2n) is 5.75. The largest absolute Gasteiger partial charge is 0.375 e. The zero-order chi connectivity index (χ0) is 14.1. The molecule has 2 saturated carbocycles. The van der Waals surface area contributed by atoms with Gasteiger partial charge in [0.25, 0.3) is 5.56 Å². The normalized spacial score (nSPS) is 25.9. The Morgan fingerprint density at radius 3 is 2.95 bits per heavy atom. The first-order chi connectivity index (χ1) is 9.69. The van der Waals surface area contributed by atoms with Crippen molar-refractivity contribution in [3.63, 3.8) is 0 Å². The molecular formula is C14H20ClN3OS. The van der Waals surface area contributed by atoms with Crippen molar-refractivity contribution in [2.45, 2.75) is 49.9 Å². The average Bonchev–Trinajstić information content (AvgIpc) is 3.14. The lowest BCUT2D eigenvalue weighted by atomic mass is 10.2. The molecule has 0 saturated heterocycles. The Hall–Kier alpha value is -0.680. The van der Waals surface area contributed by atoms with Crippen LogP contribution < -0.4 is 10.9 Å². The summed E-state index contributed by atoms with van der Waals surface area (Å²) < 4.78 is 1.56. The molecule has 1 N–H and O–H groups in total. The van der Waals surface area contributed by atoms with E-state index in [-0.39, 0.29) is 5.56 Å². The van der Waals surface area contributed by atoms with Crippen LogP contribution in [-0.4, -0.2) is 27.3 Å². The summed E-state index contributed by atoms with van der Waals surface area (Å²) in [5.74, 6) is 0.625. The van der Waals surface area contributed by atoms with E-state index in [1.54, 1.807) is 10.9 Å². The number of halogens is 1. The Morgan fingerprint density at radius 1 is 1.45 bits per heavy atom. The zero-order valence-corrected chi connectivity index (χ0v) is 13.2. The minimum Gasteiger partial charge on any atom is -0.375 e. The van der Waals surface area contributed by atoms with Gasteiger partial charge in [-0.3, -0.25) is 4.79 Å². The van der Waals surface area contributed by atoms with Crippen LogP contribution in [0.4, 0.5) is 5.69 Å². The van der Waals surface area contributed by atoms with E-state index in [1.165, 1.54) is 25.7 Å². The van der Waals surface area contributed by atoms with Gasteiger partial charge in [0.2, 0.25) is 0 Å². The van der Waals surface area contributed by atoms with Gasteiger partial charge in [0.1, 0.15) is 5.69 Å². The van der Waals surface area contributed by atoms with Gasteiger partial charge in [-0.05, 0) is 37.9 Å². The maximum Gasteiger partial charge on any atom is 0.291 e. The molecule has 2 aliphatic carbocycles. The Bertz CT molecular complexity index is 544. The molecule has 1 aromatic heterocycles. The fourth-order valence-corrected chi connectivity index (χ4v) is 3.95. The average molecular weight is 314 g/mol. The summed E-state index contributed by atoms with van der Waals surface area (Å²) in [7, 11) is 0. The summed E-state index contributed by atoms with van der Waals surface area (Å²) in [6.45, 7) is 0.724. The monoisotopic (exact) mass is 313 g/mol. The molecule has 0 bridgehead atoms. The van der Waals surface area contributed by atoms with Gasteiger partial charge >= 0.3 is 0 Å². The van der Waals surface area contributed by atoms with Gasteiger partial charge in [0, 0.05) is 17.8 Å². The molecule has 110 valence electrons. The predicted molar refractivity (Wildman–Crippen MR) is 84.8 cm³/mol.